The molecule has 0 aliphatic rings. The first-order valence-corrected chi connectivity index (χ1v) is 7.72. The van der Waals surface area contributed by atoms with Gasteiger partial charge in [-0.25, -0.2) is 0 Å². The first-order valence-electron chi connectivity index (χ1n) is 6.84. The molecule has 0 saturated carbocycles. The second-order valence-corrected chi connectivity index (χ2v) is 6.16. The summed E-state index contributed by atoms with van der Waals surface area (Å²) in [5, 5.41) is 7.24. The molecule has 2 unspecified atom stereocenters. The number of benzene rings is 1. The molecule has 0 aromatic heterocycles. The highest BCUT2D eigenvalue weighted by molar-refractivity contribution is 8.00. The van der Waals surface area contributed by atoms with Crippen molar-refractivity contribution < 1.29 is 0 Å². The van der Waals surface area contributed by atoms with Crippen molar-refractivity contribution in [3.8, 4) is 0 Å². The van der Waals surface area contributed by atoms with E-state index in [0.29, 0.717) is 11.3 Å². The standard InChI is InChI=1S/C15H25N3S/c1-5-12(2)18-15(16-4)17-11-13(3)19-14-9-7-6-8-10-14/h6-10,12-13H,5,11H2,1-4H3,(H2,16,17,18). The number of rotatable bonds is 6. The third-order valence-corrected chi connectivity index (χ3v) is 3.97. The Labute approximate surface area is 121 Å². The van der Waals surface area contributed by atoms with E-state index in [9.17, 15) is 0 Å². The van der Waals surface area contributed by atoms with Crippen LogP contribution in [0.5, 0.6) is 0 Å². The Morgan fingerprint density at radius 1 is 1.26 bits per heavy atom. The quantitative estimate of drug-likeness (QED) is 0.477. The number of thioether (sulfide) groups is 1. The van der Waals surface area contributed by atoms with Crippen molar-refractivity contribution in [1.29, 1.82) is 0 Å². The summed E-state index contributed by atoms with van der Waals surface area (Å²) in [4.78, 5) is 5.55. The number of nitrogens with zero attached hydrogens (tertiary/aromatic N) is 1. The monoisotopic (exact) mass is 279 g/mol. The maximum atomic E-state index is 4.24. The van der Waals surface area contributed by atoms with Crippen LogP contribution in [0.4, 0.5) is 0 Å². The summed E-state index contributed by atoms with van der Waals surface area (Å²) in [6, 6.07) is 10.9. The van der Waals surface area contributed by atoms with E-state index in [1.165, 1.54) is 4.90 Å². The molecule has 2 atom stereocenters. The second-order valence-electron chi connectivity index (χ2n) is 4.65. The molecule has 1 aromatic rings. The van der Waals surface area contributed by atoms with Gasteiger partial charge in [0.1, 0.15) is 0 Å². The number of hydrogen-bond donors (Lipinski definition) is 2. The fourth-order valence-corrected chi connectivity index (χ4v) is 2.49. The van der Waals surface area contributed by atoms with Crippen molar-refractivity contribution in [3.63, 3.8) is 0 Å². The molecule has 1 rings (SSSR count). The summed E-state index contributed by atoms with van der Waals surface area (Å²) in [6.45, 7) is 7.45. The van der Waals surface area contributed by atoms with Crippen molar-refractivity contribution in [1.82, 2.24) is 10.6 Å². The van der Waals surface area contributed by atoms with Crippen LogP contribution >= 0.6 is 11.8 Å². The summed E-state index contributed by atoms with van der Waals surface area (Å²) in [5.41, 5.74) is 0. The van der Waals surface area contributed by atoms with Crippen molar-refractivity contribution >= 4 is 17.7 Å². The Bertz CT molecular complexity index is 378. The van der Waals surface area contributed by atoms with Gasteiger partial charge in [0, 0.05) is 29.8 Å². The largest absolute Gasteiger partial charge is 0.355 e. The molecule has 0 saturated heterocycles. The number of guanidine groups is 1. The van der Waals surface area contributed by atoms with E-state index in [0.717, 1.165) is 18.9 Å². The summed E-state index contributed by atoms with van der Waals surface area (Å²) in [7, 11) is 1.81. The van der Waals surface area contributed by atoms with Crippen molar-refractivity contribution in [3.05, 3.63) is 30.3 Å². The van der Waals surface area contributed by atoms with Gasteiger partial charge in [-0.2, -0.15) is 0 Å². The van der Waals surface area contributed by atoms with Crippen molar-refractivity contribution in [2.24, 2.45) is 4.99 Å². The molecule has 0 amide bonds. The van der Waals surface area contributed by atoms with E-state index < -0.39 is 0 Å². The van der Waals surface area contributed by atoms with E-state index >= 15 is 0 Å². The minimum atomic E-state index is 0.447. The maximum Gasteiger partial charge on any atom is 0.191 e. The third kappa shape index (κ3) is 6.53. The molecule has 0 bridgehead atoms. The van der Waals surface area contributed by atoms with Crippen LogP contribution in [0.2, 0.25) is 0 Å². The fourth-order valence-electron chi connectivity index (χ4n) is 1.54. The molecule has 0 aliphatic heterocycles. The van der Waals surface area contributed by atoms with Gasteiger partial charge in [-0.15, -0.1) is 11.8 Å². The highest BCUT2D eigenvalue weighted by Gasteiger charge is 2.07. The van der Waals surface area contributed by atoms with E-state index in [-0.39, 0.29) is 0 Å². The first kappa shape index (κ1) is 15.9. The molecule has 106 valence electrons. The molecule has 4 heteroatoms. The van der Waals surface area contributed by atoms with Gasteiger partial charge < -0.3 is 10.6 Å². The average Bonchev–Trinajstić information content (AvgIpc) is 2.44. The van der Waals surface area contributed by atoms with Crippen LogP contribution in [0.3, 0.4) is 0 Å². The molecule has 0 aliphatic carbocycles. The van der Waals surface area contributed by atoms with E-state index in [4.69, 9.17) is 0 Å². The van der Waals surface area contributed by atoms with Crippen LogP contribution in [0.1, 0.15) is 27.2 Å². The van der Waals surface area contributed by atoms with E-state index in [2.05, 4.69) is 60.7 Å². The van der Waals surface area contributed by atoms with E-state index in [1.807, 2.05) is 24.9 Å². The number of aliphatic imine (C=N–C) groups is 1. The normalized spacial score (nSPS) is 14.8. The zero-order chi connectivity index (χ0) is 14.1. The fraction of sp³-hybridized carbons (Fsp3) is 0.533. The average molecular weight is 279 g/mol. The van der Waals surface area contributed by atoms with Crippen molar-refractivity contribution in [2.45, 2.75) is 43.4 Å². The lowest BCUT2D eigenvalue weighted by Gasteiger charge is -2.18. The molecule has 2 N–H and O–H groups in total. The van der Waals surface area contributed by atoms with Crippen LogP contribution in [-0.4, -0.2) is 30.8 Å². The Balaban J connectivity index is 2.34. The second kappa shape index (κ2) is 8.86. The predicted molar refractivity (Wildman–Crippen MR) is 86.0 cm³/mol. The zero-order valence-electron chi connectivity index (χ0n) is 12.3. The summed E-state index contributed by atoms with van der Waals surface area (Å²) in [6.07, 6.45) is 1.09. The maximum absolute atomic E-state index is 4.24. The van der Waals surface area contributed by atoms with Crippen molar-refractivity contribution in [2.75, 3.05) is 13.6 Å². The molecular weight excluding hydrogens is 254 g/mol. The molecule has 3 nitrogen and oxygen atoms in total. The number of nitrogens with one attached hydrogen (secondary N) is 2. The lowest BCUT2D eigenvalue weighted by atomic mass is 10.3. The van der Waals surface area contributed by atoms with Gasteiger partial charge >= 0.3 is 0 Å². The summed E-state index contributed by atoms with van der Waals surface area (Å²) in [5.74, 6) is 0.884. The van der Waals surface area contributed by atoms with Crippen LogP contribution in [0.25, 0.3) is 0 Å². The smallest absolute Gasteiger partial charge is 0.191 e. The minimum Gasteiger partial charge on any atom is -0.355 e. The SMILES string of the molecule is CCC(C)NC(=NC)NCC(C)Sc1ccccc1. The molecule has 0 fully saturated rings. The molecule has 1 aromatic carbocycles. The Kier molecular flexibility index (Phi) is 7.41. The van der Waals surface area contributed by atoms with Crippen LogP contribution in [-0.2, 0) is 0 Å². The molecule has 19 heavy (non-hydrogen) atoms. The Morgan fingerprint density at radius 2 is 1.95 bits per heavy atom. The van der Waals surface area contributed by atoms with Gasteiger partial charge in [-0.05, 0) is 25.5 Å². The molecule has 0 spiro atoms. The molecule has 0 heterocycles. The number of hydrogen-bond acceptors (Lipinski definition) is 2. The van der Waals surface area contributed by atoms with Crippen LogP contribution in [0, 0.1) is 0 Å². The minimum absolute atomic E-state index is 0.447. The van der Waals surface area contributed by atoms with Crippen LogP contribution in [0.15, 0.2) is 40.2 Å². The van der Waals surface area contributed by atoms with Gasteiger partial charge in [0.2, 0.25) is 0 Å². The van der Waals surface area contributed by atoms with Gasteiger partial charge in [0.05, 0.1) is 0 Å². The summed E-state index contributed by atoms with van der Waals surface area (Å²) >= 11 is 1.88. The van der Waals surface area contributed by atoms with Gasteiger partial charge in [0.25, 0.3) is 0 Å². The topological polar surface area (TPSA) is 36.4 Å². The third-order valence-electron chi connectivity index (χ3n) is 2.86. The van der Waals surface area contributed by atoms with Gasteiger partial charge in [0.15, 0.2) is 5.96 Å². The van der Waals surface area contributed by atoms with Gasteiger partial charge in [-0.3, -0.25) is 4.99 Å². The summed E-state index contributed by atoms with van der Waals surface area (Å²) < 4.78 is 0. The Morgan fingerprint density at radius 3 is 2.53 bits per heavy atom. The predicted octanol–water partition coefficient (Wildman–Crippen LogP) is 3.13. The molecule has 0 radical (unpaired) electrons. The Hall–Kier alpha value is -1.16. The molecular formula is C15H25N3S. The van der Waals surface area contributed by atoms with Crippen LogP contribution < -0.4 is 10.6 Å². The van der Waals surface area contributed by atoms with E-state index in [1.54, 1.807) is 0 Å². The zero-order valence-corrected chi connectivity index (χ0v) is 13.1. The highest BCUT2D eigenvalue weighted by Crippen LogP contribution is 2.21. The lowest BCUT2D eigenvalue weighted by molar-refractivity contribution is 0.624. The first-order chi connectivity index (χ1) is 9.15. The highest BCUT2D eigenvalue weighted by atomic mass is 32.2. The van der Waals surface area contributed by atoms with Gasteiger partial charge in [-0.1, -0.05) is 32.0 Å². The lowest BCUT2D eigenvalue weighted by Crippen LogP contribution is -2.43.